The van der Waals surface area contributed by atoms with E-state index in [2.05, 4.69) is 4.98 Å². The van der Waals surface area contributed by atoms with E-state index in [1.807, 2.05) is 6.07 Å². The maximum Gasteiger partial charge on any atom is 0.200 e. The lowest BCUT2D eigenvalue weighted by Gasteiger charge is -2.04. The molecule has 0 bridgehead atoms. The van der Waals surface area contributed by atoms with Crippen LogP contribution in [-0.2, 0) is 6.54 Å². The van der Waals surface area contributed by atoms with Crippen LogP contribution in [-0.4, -0.2) is 9.55 Å². The van der Waals surface area contributed by atoms with Crippen LogP contribution in [0.3, 0.4) is 0 Å². The van der Waals surface area contributed by atoms with E-state index >= 15 is 0 Å². The molecule has 1 aromatic heterocycles. The standard InChI is InChI=1S/C10H10FN3/c11-9-3-1-2-8(6-9)7-14-5-4-13-10(14)12/h1-6H,7H2,(H2,12,13). The molecule has 4 heteroatoms. The quantitative estimate of drug-likeness (QED) is 0.784. The van der Waals surface area contributed by atoms with Gasteiger partial charge in [0, 0.05) is 12.4 Å². The average Bonchev–Trinajstić information content (AvgIpc) is 2.52. The highest BCUT2D eigenvalue weighted by Gasteiger charge is 1.99. The lowest BCUT2D eigenvalue weighted by Crippen LogP contribution is -2.03. The number of nitrogens with two attached hydrogens (primary N) is 1. The van der Waals surface area contributed by atoms with Gasteiger partial charge in [-0.25, -0.2) is 9.37 Å². The number of imidazole rings is 1. The molecule has 0 saturated carbocycles. The Labute approximate surface area is 81.0 Å². The average molecular weight is 191 g/mol. The van der Waals surface area contributed by atoms with Crippen molar-refractivity contribution in [3.05, 3.63) is 48.0 Å². The van der Waals surface area contributed by atoms with Crippen molar-refractivity contribution in [1.29, 1.82) is 0 Å². The van der Waals surface area contributed by atoms with Gasteiger partial charge in [-0.2, -0.15) is 0 Å². The van der Waals surface area contributed by atoms with Crippen molar-refractivity contribution in [1.82, 2.24) is 9.55 Å². The molecule has 0 amide bonds. The Hall–Kier alpha value is -1.84. The molecule has 0 spiro atoms. The van der Waals surface area contributed by atoms with Crippen LogP contribution in [0.2, 0.25) is 0 Å². The Morgan fingerprint density at radius 2 is 2.29 bits per heavy atom. The zero-order chi connectivity index (χ0) is 9.97. The van der Waals surface area contributed by atoms with E-state index in [9.17, 15) is 4.39 Å². The molecular weight excluding hydrogens is 181 g/mol. The van der Waals surface area contributed by atoms with Crippen LogP contribution in [0, 0.1) is 5.82 Å². The fraction of sp³-hybridized carbons (Fsp3) is 0.100. The summed E-state index contributed by atoms with van der Waals surface area (Å²) < 4.78 is 14.6. The number of hydrogen-bond donors (Lipinski definition) is 1. The molecule has 0 radical (unpaired) electrons. The SMILES string of the molecule is Nc1nccn1Cc1cccc(F)c1. The first-order valence-corrected chi connectivity index (χ1v) is 4.27. The minimum atomic E-state index is -0.235. The monoisotopic (exact) mass is 191 g/mol. The van der Waals surface area contributed by atoms with Gasteiger partial charge in [-0.1, -0.05) is 12.1 Å². The highest BCUT2D eigenvalue weighted by molar-refractivity contribution is 5.22. The molecule has 0 saturated heterocycles. The van der Waals surface area contributed by atoms with Gasteiger partial charge in [-0.3, -0.25) is 0 Å². The van der Waals surface area contributed by atoms with E-state index in [1.165, 1.54) is 12.1 Å². The summed E-state index contributed by atoms with van der Waals surface area (Å²) in [6.45, 7) is 0.545. The maximum absolute atomic E-state index is 12.8. The van der Waals surface area contributed by atoms with Gasteiger partial charge >= 0.3 is 0 Å². The van der Waals surface area contributed by atoms with Crippen LogP contribution in [0.15, 0.2) is 36.7 Å². The van der Waals surface area contributed by atoms with E-state index in [0.717, 1.165) is 5.56 Å². The zero-order valence-corrected chi connectivity index (χ0v) is 7.52. The van der Waals surface area contributed by atoms with Crippen molar-refractivity contribution in [2.75, 3.05) is 5.73 Å². The fourth-order valence-corrected chi connectivity index (χ4v) is 1.31. The third-order valence-corrected chi connectivity index (χ3v) is 1.99. The molecule has 0 aliphatic rings. The Morgan fingerprint density at radius 3 is 2.93 bits per heavy atom. The van der Waals surface area contributed by atoms with Gasteiger partial charge in [0.1, 0.15) is 5.82 Å². The minimum Gasteiger partial charge on any atom is -0.369 e. The van der Waals surface area contributed by atoms with Gasteiger partial charge in [-0.05, 0) is 17.7 Å². The number of aromatic nitrogens is 2. The molecular formula is C10H10FN3. The third-order valence-electron chi connectivity index (χ3n) is 1.99. The second kappa shape index (κ2) is 3.49. The summed E-state index contributed by atoms with van der Waals surface area (Å²) in [5, 5.41) is 0. The van der Waals surface area contributed by atoms with Crippen molar-refractivity contribution in [2.24, 2.45) is 0 Å². The van der Waals surface area contributed by atoms with Gasteiger partial charge in [0.15, 0.2) is 5.95 Å². The van der Waals surface area contributed by atoms with Crippen molar-refractivity contribution in [2.45, 2.75) is 6.54 Å². The number of hydrogen-bond acceptors (Lipinski definition) is 2. The molecule has 72 valence electrons. The van der Waals surface area contributed by atoms with Crippen molar-refractivity contribution < 1.29 is 4.39 Å². The number of rotatable bonds is 2. The first-order chi connectivity index (χ1) is 6.75. The predicted octanol–water partition coefficient (Wildman–Crippen LogP) is 1.65. The largest absolute Gasteiger partial charge is 0.369 e. The molecule has 14 heavy (non-hydrogen) atoms. The van der Waals surface area contributed by atoms with Gasteiger partial charge in [-0.15, -0.1) is 0 Å². The number of benzene rings is 1. The highest BCUT2D eigenvalue weighted by Crippen LogP contribution is 2.08. The topological polar surface area (TPSA) is 43.8 Å². The van der Waals surface area contributed by atoms with Gasteiger partial charge in [0.25, 0.3) is 0 Å². The van der Waals surface area contributed by atoms with Crippen molar-refractivity contribution in [3.63, 3.8) is 0 Å². The first kappa shape index (κ1) is 8.74. The zero-order valence-electron chi connectivity index (χ0n) is 7.52. The van der Waals surface area contributed by atoms with Crippen LogP contribution in [0.5, 0.6) is 0 Å². The summed E-state index contributed by atoms with van der Waals surface area (Å²) in [7, 11) is 0. The number of nitrogen functional groups attached to an aromatic ring is 1. The van der Waals surface area contributed by atoms with Crippen LogP contribution in [0.1, 0.15) is 5.56 Å². The Kier molecular flexibility index (Phi) is 2.18. The Balaban J connectivity index is 2.23. The summed E-state index contributed by atoms with van der Waals surface area (Å²) in [5.41, 5.74) is 6.45. The lowest BCUT2D eigenvalue weighted by atomic mass is 10.2. The summed E-state index contributed by atoms with van der Waals surface area (Å²) in [5.74, 6) is 0.204. The summed E-state index contributed by atoms with van der Waals surface area (Å²) in [4.78, 5) is 3.88. The fourth-order valence-electron chi connectivity index (χ4n) is 1.31. The Morgan fingerprint density at radius 1 is 1.43 bits per heavy atom. The summed E-state index contributed by atoms with van der Waals surface area (Å²) in [6, 6.07) is 6.43. The summed E-state index contributed by atoms with van der Waals surface area (Å²) >= 11 is 0. The highest BCUT2D eigenvalue weighted by atomic mass is 19.1. The molecule has 0 atom stereocenters. The number of anilines is 1. The molecule has 0 aliphatic carbocycles. The van der Waals surface area contributed by atoms with Crippen LogP contribution < -0.4 is 5.73 Å². The molecule has 2 aromatic rings. The Bertz CT molecular complexity index is 436. The smallest absolute Gasteiger partial charge is 0.200 e. The first-order valence-electron chi connectivity index (χ1n) is 4.27. The molecule has 1 heterocycles. The third kappa shape index (κ3) is 1.74. The van der Waals surface area contributed by atoms with E-state index < -0.39 is 0 Å². The van der Waals surface area contributed by atoms with Gasteiger partial charge in [0.05, 0.1) is 6.54 Å². The van der Waals surface area contributed by atoms with Crippen LogP contribution in [0.25, 0.3) is 0 Å². The van der Waals surface area contributed by atoms with Crippen molar-refractivity contribution in [3.8, 4) is 0 Å². The van der Waals surface area contributed by atoms with E-state index in [1.54, 1.807) is 23.0 Å². The maximum atomic E-state index is 12.8. The van der Waals surface area contributed by atoms with Gasteiger partial charge in [0.2, 0.25) is 0 Å². The van der Waals surface area contributed by atoms with Crippen LogP contribution in [0.4, 0.5) is 10.3 Å². The van der Waals surface area contributed by atoms with E-state index in [0.29, 0.717) is 12.5 Å². The summed E-state index contributed by atoms with van der Waals surface area (Å²) in [6.07, 6.45) is 3.38. The molecule has 2 rings (SSSR count). The van der Waals surface area contributed by atoms with E-state index in [4.69, 9.17) is 5.73 Å². The molecule has 2 N–H and O–H groups in total. The van der Waals surface area contributed by atoms with Gasteiger partial charge < -0.3 is 10.3 Å². The lowest BCUT2D eigenvalue weighted by molar-refractivity contribution is 0.623. The number of nitrogens with zero attached hydrogens (tertiary/aromatic N) is 2. The normalized spacial score (nSPS) is 10.4. The van der Waals surface area contributed by atoms with E-state index in [-0.39, 0.29) is 5.82 Å². The van der Waals surface area contributed by atoms with Crippen molar-refractivity contribution >= 4 is 5.95 Å². The minimum absolute atomic E-state index is 0.235. The molecule has 1 aromatic carbocycles. The second-order valence-electron chi connectivity index (χ2n) is 3.04. The molecule has 0 fully saturated rings. The second-order valence-corrected chi connectivity index (χ2v) is 3.04. The number of halogens is 1. The molecule has 3 nitrogen and oxygen atoms in total. The molecule has 0 unspecified atom stereocenters. The molecule has 0 aliphatic heterocycles. The predicted molar refractivity (Wildman–Crippen MR) is 52.1 cm³/mol. The van der Waals surface area contributed by atoms with Crippen LogP contribution >= 0.6 is 0 Å².